The van der Waals surface area contributed by atoms with Crippen LogP contribution in [-0.2, 0) is 18.3 Å². The van der Waals surface area contributed by atoms with Gasteiger partial charge in [-0.3, -0.25) is 9.48 Å². The van der Waals surface area contributed by atoms with E-state index in [1.165, 1.54) is 18.4 Å². The summed E-state index contributed by atoms with van der Waals surface area (Å²) in [5.74, 6) is 1.77. The van der Waals surface area contributed by atoms with E-state index in [0.29, 0.717) is 13.2 Å². The van der Waals surface area contributed by atoms with Crippen molar-refractivity contribution in [3.8, 4) is 11.5 Å². The molecule has 0 aliphatic carbocycles. The second kappa shape index (κ2) is 10.0. The van der Waals surface area contributed by atoms with Crippen LogP contribution < -0.4 is 19.7 Å². The first-order chi connectivity index (χ1) is 17.6. The number of carbonyl (C=O) groups excluding carboxylic acids is 1. The highest BCUT2D eigenvalue weighted by Crippen LogP contribution is 2.31. The van der Waals surface area contributed by atoms with Gasteiger partial charge in [0.1, 0.15) is 13.2 Å². The van der Waals surface area contributed by atoms with Crippen LogP contribution in [0.15, 0.2) is 42.6 Å². The number of aromatic nitrogens is 2. The van der Waals surface area contributed by atoms with Gasteiger partial charge in [-0.2, -0.15) is 5.10 Å². The summed E-state index contributed by atoms with van der Waals surface area (Å²) in [6.07, 6.45) is 6.02. The van der Waals surface area contributed by atoms with Crippen molar-refractivity contribution in [3.05, 3.63) is 48.2 Å². The molecular weight excluding hydrogens is 454 g/mol. The Morgan fingerprint density at radius 1 is 1.08 bits per heavy atom. The lowest BCUT2D eigenvalue weighted by Gasteiger charge is -2.27. The number of hydrogen-bond donors (Lipinski definition) is 1. The van der Waals surface area contributed by atoms with E-state index >= 15 is 0 Å². The first kappa shape index (κ1) is 23.2. The Balaban J connectivity index is 1.13. The van der Waals surface area contributed by atoms with Gasteiger partial charge in [0.25, 0.3) is 0 Å². The molecule has 0 radical (unpaired) electrons. The highest BCUT2D eigenvalue weighted by Gasteiger charge is 2.31. The van der Waals surface area contributed by atoms with Crippen LogP contribution in [0.1, 0.15) is 24.8 Å². The van der Waals surface area contributed by atoms with Crippen LogP contribution in [0, 0.1) is 5.92 Å². The summed E-state index contributed by atoms with van der Waals surface area (Å²) in [6, 6.07) is 12.7. The fourth-order valence-electron chi connectivity index (χ4n) is 5.79. The Morgan fingerprint density at radius 2 is 1.92 bits per heavy atom. The van der Waals surface area contributed by atoms with Gasteiger partial charge >= 0.3 is 0 Å². The van der Waals surface area contributed by atoms with Crippen LogP contribution in [0.25, 0.3) is 10.9 Å². The average molecular weight is 490 g/mol. The first-order valence-electron chi connectivity index (χ1n) is 13.2. The van der Waals surface area contributed by atoms with Crippen LogP contribution in [0.3, 0.4) is 0 Å². The Labute approximate surface area is 212 Å². The zero-order valence-corrected chi connectivity index (χ0v) is 21.0. The Bertz CT molecular complexity index is 1240. The lowest BCUT2D eigenvalue weighted by atomic mass is 10.0. The average Bonchev–Trinajstić information content (AvgIpc) is 3.66. The van der Waals surface area contributed by atoms with Gasteiger partial charge in [0.05, 0.1) is 17.6 Å². The summed E-state index contributed by atoms with van der Waals surface area (Å²) in [5.41, 5.74) is 3.44. The van der Waals surface area contributed by atoms with Crippen LogP contribution >= 0.6 is 0 Å². The smallest absolute Gasteiger partial charge is 0.225 e. The van der Waals surface area contributed by atoms with Crippen molar-refractivity contribution in [2.24, 2.45) is 13.0 Å². The summed E-state index contributed by atoms with van der Waals surface area (Å²) in [7, 11) is 1.97. The van der Waals surface area contributed by atoms with E-state index in [0.717, 1.165) is 73.7 Å². The van der Waals surface area contributed by atoms with E-state index in [1.807, 2.05) is 24.0 Å². The molecule has 36 heavy (non-hydrogen) atoms. The maximum atomic E-state index is 13.4. The van der Waals surface area contributed by atoms with Gasteiger partial charge in [0.15, 0.2) is 11.5 Å². The second-order valence-electron chi connectivity index (χ2n) is 10.3. The minimum Gasteiger partial charge on any atom is -0.486 e. The fourth-order valence-corrected chi connectivity index (χ4v) is 5.79. The molecule has 4 heterocycles. The van der Waals surface area contributed by atoms with Crippen molar-refractivity contribution in [2.75, 3.05) is 50.8 Å². The number of carbonyl (C=O) groups is 1. The van der Waals surface area contributed by atoms with Crippen molar-refractivity contribution in [2.45, 2.75) is 31.7 Å². The SMILES string of the molecule is Cn1ncc2ccc(N3CC[C@@H](C(=O)NC(Cc4ccc5c(c4)OCCO5)CN4CCCC4)C3)cc21. The normalized spacial score (nSPS) is 20.7. The van der Waals surface area contributed by atoms with E-state index in [1.54, 1.807) is 0 Å². The summed E-state index contributed by atoms with van der Waals surface area (Å²) in [4.78, 5) is 18.2. The molecule has 1 aromatic heterocycles. The number of hydrogen-bond acceptors (Lipinski definition) is 6. The molecule has 2 atom stereocenters. The molecule has 6 rings (SSSR count). The lowest BCUT2D eigenvalue weighted by molar-refractivity contribution is -0.125. The van der Waals surface area contributed by atoms with Crippen LogP contribution in [0.4, 0.5) is 5.69 Å². The standard InChI is InChI=1S/C28H35N5O3/c1-31-25-16-24(6-5-21(25)17-29-31)33-11-8-22(18-33)28(34)30-23(19-32-9-2-3-10-32)14-20-4-7-26-27(15-20)36-13-12-35-26/h4-7,15-17,22-23H,2-3,8-14,18-19H2,1H3,(H,30,34)/t22-,23?/m1/s1. The molecule has 190 valence electrons. The molecule has 1 unspecified atom stereocenters. The number of fused-ring (bicyclic) bond motifs is 2. The molecule has 0 spiro atoms. The zero-order chi connectivity index (χ0) is 24.5. The predicted molar refractivity (Wildman–Crippen MR) is 140 cm³/mol. The van der Waals surface area contributed by atoms with Gasteiger partial charge in [0, 0.05) is 43.8 Å². The number of amides is 1. The molecule has 3 aliphatic rings. The van der Waals surface area contributed by atoms with Gasteiger partial charge in [-0.15, -0.1) is 0 Å². The first-order valence-corrected chi connectivity index (χ1v) is 13.2. The molecule has 3 aliphatic heterocycles. The van der Waals surface area contributed by atoms with Crippen LogP contribution in [0.5, 0.6) is 11.5 Å². The quantitative estimate of drug-likeness (QED) is 0.550. The molecule has 1 amide bonds. The lowest BCUT2D eigenvalue weighted by Crippen LogP contribution is -2.46. The van der Waals surface area contributed by atoms with Crippen molar-refractivity contribution in [3.63, 3.8) is 0 Å². The number of nitrogens with one attached hydrogen (secondary N) is 1. The minimum absolute atomic E-state index is 0.00595. The maximum absolute atomic E-state index is 13.4. The van der Waals surface area contributed by atoms with Crippen LogP contribution in [-0.4, -0.2) is 72.6 Å². The zero-order valence-electron chi connectivity index (χ0n) is 21.0. The number of nitrogens with zero attached hydrogens (tertiary/aromatic N) is 4. The van der Waals surface area contributed by atoms with E-state index in [4.69, 9.17) is 9.47 Å². The molecule has 2 saturated heterocycles. The number of benzene rings is 2. The Hall–Kier alpha value is -3.26. The summed E-state index contributed by atoms with van der Waals surface area (Å²) >= 11 is 0. The number of likely N-dealkylation sites (tertiary alicyclic amines) is 1. The van der Waals surface area contributed by atoms with E-state index < -0.39 is 0 Å². The van der Waals surface area contributed by atoms with E-state index in [2.05, 4.69) is 50.5 Å². The molecular formula is C28H35N5O3. The van der Waals surface area contributed by atoms with Crippen molar-refractivity contribution in [1.29, 1.82) is 0 Å². The number of rotatable bonds is 7. The van der Waals surface area contributed by atoms with Crippen molar-refractivity contribution >= 4 is 22.5 Å². The molecule has 8 heteroatoms. The number of anilines is 1. The highest BCUT2D eigenvalue weighted by molar-refractivity contribution is 5.84. The molecule has 1 N–H and O–H groups in total. The van der Waals surface area contributed by atoms with Gasteiger partial charge < -0.3 is 24.6 Å². The van der Waals surface area contributed by atoms with Gasteiger partial charge in [0.2, 0.25) is 5.91 Å². The third-order valence-corrected chi connectivity index (χ3v) is 7.77. The Morgan fingerprint density at radius 3 is 2.78 bits per heavy atom. The summed E-state index contributed by atoms with van der Waals surface area (Å²) < 4.78 is 13.4. The van der Waals surface area contributed by atoms with E-state index in [-0.39, 0.29) is 17.9 Å². The summed E-state index contributed by atoms with van der Waals surface area (Å²) in [6.45, 7) is 5.91. The van der Waals surface area contributed by atoms with Gasteiger partial charge in [-0.1, -0.05) is 6.07 Å². The largest absolute Gasteiger partial charge is 0.486 e. The maximum Gasteiger partial charge on any atom is 0.225 e. The topological polar surface area (TPSA) is 71.9 Å². The molecule has 0 saturated carbocycles. The third kappa shape index (κ3) is 4.87. The monoisotopic (exact) mass is 489 g/mol. The van der Waals surface area contributed by atoms with Gasteiger partial charge in [-0.25, -0.2) is 0 Å². The molecule has 0 bridgehead atoms. The highest BCUT2D eigenvalue weighted by atomic mass is 16.6. The number of aryl methyl sites for hydroxylation is 1. The second-order valence-corrected chi connectivity index (χ2v) is 10.3. The van der Waals surface area contributed by atoms with Gasteiger partial charge in [-0.05, 0) is 74.7 Å². The predicted octanol–water partition coefficient (Wildman–Crippen LogP) is 2.99. The third-order valence-electron chi connectivity index (χ3n) is 7.77. The molecule has 8 nitrogen and oxygen atoms in total. The van der Waals surface area contributed by atoms with E-state index in [9.17, 15) is 4.79 Å². The minimum atomic E-state index is -0.00595. The van der Waals surface area contributed by atoms with Crippen molar-refractivity contribution in [1.82, 2.24) is 20.0 Å². The summed E-state index contributed by atoms with van der Waals surface area (Å²) in [5, 5.41) is 8.92. The molecule has 3 aromatic rings. The van der Waals surface area contributed by atoms with Crippen LogP contribution in [0.2, 0.25) is 0 Å². The fraction of sp³-hybridized carbons (Fsp3) is 0.500. The molecule has 2 fully saturated rings. The number of ether oxygens (including phenoxy) is 2. The van der Waals surface area contributed by atoms with Crippen molar-refractivity contribution < 1.29 is 14.3 Å². The molecule has 2 aromatic carbocycles. The Kier molecular flexibility index (Phi) is 6.44.